The van der Waals surface area contributed by atoms with Crippen LogP contribution in [-0.4, -0.2) is 20.9 Å². The van der Waals surface area contributed by atoms with Crippen LogP contribution in [-0.2, 0) is 17.8 Å². The van der Waals surface area contributed by atoms with Gasteiger partial charge >= 0.3 is 5.97 Å². The molecule has 0 aliphatic carbocycles. The largest absolute Gasteiger partial charge is 0.619 e. The van der Waals surface area contributed by atoms with Crippen LogP contribution in [0.25, 0.3) is 0 Å². The number of rotatable bonds is 6. The molecular weight excluding hydrogens is 348 g/mol. The number of aromatic nitrogens is 4. The van der Waals surface area contributed by atoms with Gasteiger partial charge in [-0.15, -0.1) is 0 Å². The molecule has 0 spiro atoms. The Kier molecular flexibility index (Phi) is 5.41. The molecule has 27 heavy (non-hydrogen) atoms. The van der Waals surface area contributed by atoms with Crippen LogP contribution in [0.4, 0.5) is 17.6 Å². The van der Waals surface area contributed by atoms with E-state index in [1.54, 1.807) is 0 Å². The van der Waals surface area contributed by atoms with Crippen molar-refractivity contribution in [3.63, 3.8) is 0 Å². The van der Waals surface area contributed by atoms with Crippen LogP contribution in [0, 0.1) is 5.21 Å². The molecule has 0 fully saturated rings. The summed E-state index contributed by atoms with van der Waals surface area (Å²) in [5.41, 5.74) is 7.95. The van der Waals surface area contributed by atoms with Crippen molar-refractivity contribution in [1.29, 1.82) is 0 Å². The quantitative estimate of drug-likeness (QED) is 0.383. The molecule has 9 heteroatoms. The van der Waals surface area contributed by atoms with Crippen LogP contribution in [0.3, 0.4) is 0 Å². The Morgan fingerprint density at radius 2 is 1.93 bits per heavy atom. The van der Waals surface area contributed by atoms with E-state index in [0.717, 1.165) is 17.7 Å². The zero-order valence-corrected chi connectivity index (χ0v) is 14.6. The van der Waals surface area contributed by atoms with Gasteiger partial charge in [0.05, 0.1) is 5.56 Å². The third-order valence-electron chi connectivity index (χ3n) is 3.71. The highest BCUT2D eigenvalue weighted by molar-refractivity contribution is 5.88. The topological polar surface area (TPSA) is 130 Å². The summed E-state index contributed by atoms with van der Waals surface area (Å²) >= 11 is 0. The van der Waals surface area contributed by atoms with Gasteiger partial charge in [-0.1, -0.05) is 25.1 Å². The highest BCUT2D eigenvalue weighted by atomic mass is 16.5. The summed E-state index contributed by atoms with van der Waals surface area (Å²) in [4.78, 5) is 24.3. The SMILES string of the molecule is CCc1ccccc1Nc1nc(N)nc(COC(=O)c2cc[n+]([O-])cc2)n1. The molecule has 0 unspecified atom stereocenters. The standard InChI is InChI=1S/C18H18N6O3/c1-2-12-5-3-4-6-14(12)20-18-22-15(21-17(19)23-18)11-27-16(25)13-7-9-24(26)10-8-13/h3-10H,2,11H2,1H3,(H3,19,20,21,22,23). The van der Waals surface area contributed by atoms with E-state index in [1.807, 2.05) is 31.2 Å². The monoisotopic (exact) mass is 366 g/mol. The van der Waals surface area contributed by atoms with E-state index in [0.29, 0.717) is 4.73 Å². The third-order valence-corrected chi connectivity index (χ3v) is 3.71. The fourth-order valence-corrected chi connectivity index (χ4v) is 2.39. The van der Waals surface area contributed by atoms with Crippen molar-refractivity contribution in [2.75, 3.05) is 11.1 Å². The number of hydrogen-bond donors (Lipinski definition) is 2. The molecule has 1 aromatic carbocycles. The number of benzene rings is 1. The molecule has 0 aliphatic rings. The summed E-state index contributed by atoms with van der Waals surface area (Å²) in [6, 6.07) is 10.5. The van der Waals surface area contributed by atoms with Gasteiger partial charge in [-0.3, -0.25) is 0 Å². The van der Waals surface area contributed by atoms with Crippen molar-refractivity contribution in [2.24, 2.45) is 0 Å². The number of ether oxygens (including phenoxy) is 1. The summed E-state index contributed by atoms with van der Waals surface area (Å²) in [7, 11) is 0. The van der Waals surface area contributed by atoms with E-state index in [1.165, 1.54) is 24.5 Å². The second-order valence-corrected chi connectivity index (χ2v) is 5.59. The Balaban J connectivity index is 1.71. The number of anilines is 3. The van der Waals surface area contributed by atoms with Crippen LogP contribution < -0.4 is 15.8 Å². The van der Waals surface area contributed by atoms with Gasteiger partial charge in [-0.25, -0.2) is 4.79 Å². The highest BCUT2D eigenvalue weighted by Crippen LogP contribution is 2.19. The van der Waals surface area contributed by atoms with E-state index >= 15 is 0 Å². The van der Waals surface area contributed by atoms with E-state index in [9.17, 15) is 10.0 Å². The maximum Gasteiger partial charge on any atom is 0.339 e. The van der Waals surface area contributed by atoms with Gasteiger partial charge in [0.25, 0.3) is 0 Å². The second kappa shape index (κ2) is 8.09. The van der Waals surface area contributed by atoms with Crippen LogP contribution in [0.2, 0.25) is 0 Å². The van der Waals surface area contributed by atoms with Crippen molar-refractivity contribution in [2.45, 2.75) is 20.0 Å². The summed E-state index contributed by atoms with van der Waals surface area (Å²) in [6.45, 7) is 1.87. The van der Waals surface area contributed by atoms with E-state index in [2.05, 4.69) is 20.3 Å². The smallest absolute Gasteiger partial charge is 0.339 e. The fourth-order valence-electron chi connectivity index (χ4n) is 2.39. The molecule has 0 aliphatic heterocycles. The van der Waals surface area contributed by atoms with Gasteiger partial charge in [-0.05, 0) is 18.1 Å². The van der Waals surface area contributed by atoms with Gasteiger partial charge in [0.15, 0.2) is 24.8 Å². The molecule has 0 atom stereocenters. The molecule has 9 nitrogen and oxygen atoms in total. The summed E-state index contributed by atoms with van der Waals surface area (Å²) in [5.74, 6) is -0.108. The third kappa shape index (κ3) is 4.66. The minimum absolute atomic E-state index is 0.0136. The van der Waals surface area contributed by atoms with E-state index in [-0.39, 0.29) is 29.9 Å². The van der Waals surface area contributed by atoms with Gasteiger partial charge in [0, 0.05) is 17.8 Å². The molecule has 0 saturated heterocycles. The van der Waals surface area contributed by atoms with Crippen molar-refractivity contribution >= 4 is 23.6 Å². The fraction of sp³-hybridized carbons (Fsp3) is 0.167. The maximum atomic E-state index is 12.0. The molecule has 0 bridgehead atoms. The van der Waals surface area contributed by atoms with Crippen LogP contribution in [0.5, 0.6) is 0 Å². The lowest BCUT2D eigenvalue weighted by Crippen LogP contribution is -2.24. The van der Waals surface area contributed by atoms with Crippen molar-refractivity contribution in [3.8, 4) is 0 Å². The van der Waals surface area contributed by atoms with Crippen molar-refractivity contribution < 1.29 is 14.3 Å². The molecule has 3 N–H and O–H groups in total. The van der Waals surface area contributed by atoms with E-state index < -0.39 is 5.97 Å². The number of hydrogen-bond acceptors (Lipinski definition) is 8. The summed E-state index contributed by atoms with van der Waals surface area (Å²) in [6.07, 6.45) is 3.27. The Bertz CT molecular complexity index is 946. The lowest BCUT2D eigenvalue weighted by atomic mass is 10.1. The zero-order valence-electron chi connectivity index (χ0n) is 14.6. The number of aryl methyl sites for hydroxylation is 1. The summed E-state index contributed by atoms with van der Waals surface area (Å²) < 4.78 is 5.75. The van der Waals surface area contributed by atoms with E-state index in [4.69, 9.17) is 10.5 Å². The molecule has 0 radical (unpaired) electrons. The normalized spacial score (nSPS) is 10.4. The zero-order chi connectivity index (χ0) is 19.2. The van der Waals surface area contributed by atoms with Crippen LogP contribution in [0.1, 0.15) is 28.7 Å². The number of pyridine rings is 1. The predicted molar refractivity (Wildman–Crippen MR) is 97.9 cm³/mol. The van der Waals surface area contributed by atoms with Gasteiger partial charge in [-0.2, -0.15) is 19.7 Å². The molecule has 3 rings (SSSR count). The number of nitrogens with zero attached hydrogens (tertiary/aromatic N) is 4. The van der Waals surface area contributed by atoms with Gasteiger partial charge in [0.2, 0.25) is 11.9 Å². The lowest BCUT2D eigenvalue weighted by molar-refractivity contribution is -0.605. The molecule has 0 saturated carbocycles. The number of carbonyl (C=O) groups is 1. The molecule has 3 aromatic rings. The minimum atomic E-state index is -0.597. The number of esters is 1. The van der Waals surface area contributed by atoms with Crippen LogP contribution >= 0.6 is 0 Å². The molecule has 0 amide bonds. The molecule has 2 heterocycles. The number of nitrogen functional groups attached to an aromatic ring is 1. The van der Waals surface area contributed by atoms with Crippen LogP contribution in [0.15, 0.2) is 48.8 Å². The number of nitrogens with one attached hydrogen (secondary N) is 1. The number of carbonyl (C=O) groups excluding carboxylic acids is 1. The summed E-state index contributed by atoms with van der Waals surface area (Å²) in [5, 5.41) is 14.1. The Labute approximate surface area is 155 Å². The minimum Gasteiger partial charge on any atom is -0.619 e. The highest BCUT2D eigenvalue weighted by Gasteiger charge is 2.12. The first-order valence-electron chi connectivity index (χ1n) is 8.26. The predicted octanol–water partition coefficient (Wildman–Crippen LogP) is 1.75. The Hall–Kier alpha value is -3.75. The second-order valence-electron chi connectivity index (χ2n) is 5.59. The molecule has 2 aromatic heterocycles. The average molecular weight is 366 g/mol. The van der Waals surface area contributed by atoms with Gasteiger partial charge in [0.1, 0.15) is 0 Å². The molecule has 138 valence electrons. The first-order valence-corrected chi connectivity index (χ1v) is 8.26. The van der Waals surface area contributed by atoms with Crippen molar-refractivity contribution in [3.05, 3.63) is 71.0 Å². The van der Waals surface area contributed by atoms with Crippen molar-refractivity contribution in [1.82, 2.24) is 15.0 Å². The Morgan fingerprint density at radius 1 is 1.19 bits per heavy atom. The first-order chi connectivity index (χ1) is 13.0. The lowest BCUT2D eigenvalue weighted by Gasteiger charge is -2.11. The Morgan fingerprint density at radius 3 is 2.67 bits per heavy atom. The van der Waals surface area contributed by atoms with Gasteiger partial charge < -0.3 is 21.0 Å². The maximum absolute atomic E-state index is 12.0. The number of nitrogens with two attached hydrogens (primary N) is 1. The first kappa shape index (κ1) is 18.1. The molecular formula is C18H18N6O3. The number of para-hydroxylation sites is 1. The average Bonchev–Trinajstić information content (AvgIpc) is 2.67.